The summed E-state index contributed by atoms with van der Waals surface area (Å²) in [5.74, 6) is 0.485. The Labute approximate surface area is 83.6 Å². The summed E-state index contributed by atoms with van der Waals surface area (Å²) in [7, 11) is 0. The van der Waals surface area contributed by atoms with Crippen molar-refractivity contribution in [1.82, 2.24) is 5.32 Å². The van der Waals surface area contributed by atoms with Crippen LogP contribution < -0.4 is 5.32 Å². The summed E-state index contributed by atoms with van der Waals surface area (Å²) < 4.78 is 5.26. The minimum atomic E-state index is -0.222. The van der Waals surface area contributed by atoms with Crippen LogP contribution >= 0.6 is 0 Å². The highest BCUT2D eigenvalue weighted by atomic mass is 16.5. The van der Waals surface area contributed by atoms with E-state index >= 15 is 0 Å². The smallest absolute Gasteiger partial charge is 0.249 e. The summed E-state index contributed by atoms with van der Waals surface area (Å²) in [6.07, 6.45) is 3.12. The summed E-state index contributed by atoms with van der Waals surface area (Å²) in [6, 6.07) is 0. The van der Waals surface area contributed by atoms with Gasteiger partial charge in [-0.3, -0.25) is 4.79 Å². The van der Waals surface area contributed by atoms with E-state index in [1.54, 1.807) is 0 Å². The van der Waals surface area contributed by atoms with Gasteiger partial charge in [0.05, 0.1) is 6.10 Å². The molecule has 0 aromatic heterocycles. The Morgan fingerprint density at radius 1 is 1.50 bits per heavy atom. The van der Waals surface area contributed by atoms with E-state index in [0.717, 1.165) is 25.7 Å². The van der Waals surface area contributed by atoms with Gasteiger partial charge in [0.15, 0.2) is 0 Å². The van der Waals surface area contributed by atoms with E-state index in [-0.39, 0.29) is 18.1 Å². The van der Waals surface area contributed by atoms with Crippen LogP contribution in [0.25, 0.3) is 0 Å². The van der Waals surface area contributed by atoms with Gasteiger partial charge in [0.25, 0.3) is 0 Å². The van der Waals surface area contributed by atoms with Crippen molar-refractivity contribution in [2.24, 2.45) is 5.92 Å². The molecule has 1 aliphatic heterocycles. The molecule has 14 heavy (non-hydrogen) atoms. The summed E-state index contributed by atoms with van der Waals surface area (Å²) in [6.45, 7) is 1.40. The van der Waals surface area contributed by atoms with Crippen LogP contribution in [0.4, 0.5) is 0 Å². The molecule has 1 amide bonds. The van der Waals surface area contributed by atoms with Crippen molar-refractivity contribution in [3.8, 4) is 0 Å². The van der Waals surface area contributed by atoms with Gasteiger partial charge in [-0.1, -0.05) is 0 Å². The fraction of sp³-hybridized carbons (Fsp3) is 0.900. The molecule has 1 atom stereocenters. The molecule has 80 valence electrons. The molecule has 0 radical (unpaired) electrons. The Hall–Kier alpha value is -0.610. The molecule has 2 rings (SSSR count). The molecule has 2 N–H and O–H groups in total. The van der Waals surface area contributed by atoms with Gasteiger partial charge < -0.3 is 15.2 Å². The van der Waals surface area contributed by atoms with E-state index in [9.17, 15) is 4.79 Å². The maximum atomic E-state index is 11.5. The van der Waals surface area contributed by atoms with E-state index < -0.39 is 0 Å². The molecule has 0 aromatic rings. The molecule has 0 aromatic carbocycles. The first kappa shape index (κ1) is 9.93. The molecule has 4 heteroatoms. The van der Waals surface area contributed by atoms with Gasteiger partial charge in [-0.05, 0) is 31.6 Å². The van der Waals surface area contributed by atoms with Crippen LogP contribution in [0.5, 0.6) is 0 Å². The van der Waals surface area contributed by atoms with Crippen LogP contribution in [0.15, 0.2) is 0 Å². The van der Waals surface area contributed by atoms with Gasteiger partial charge in [0.2, 0.25) is 5.91 Å². The van der Waals surface area contributed by atoms with Crippen LogP contribution in [0.2, 0.25) is 0 Å². The summed E-state index contributed by atoms with van der Waals surface area (Å²) in [4.78, 5) is 11.5. The number of aliphatic hydroxyl groups is 1. The summed E-state index contributed by atoms with van der Waals surface area (Å²) >= 11 is 0. The van der Waals surface area contributed by atoms with Gasteiger partial charge in [-0.15, -0.1) is 0 Å². The molecule has 1 saturated heterocycles. The molecule has 1 saturated carbocycles. The molecule has 4 nitrogen and oxygen atoms in total. The maximum Gasteiger partial charge on any atom is 0.249 e. The maximum absolute atomic E-state index is 11.5. The number of ether oxygens (including phenoxy) is 1. The zero-order valence-corrected chi connectivity index (χ0v) is 8.24. The zero-order chi connectivity index (χ0) is 9.97. The molecule has 1 aliphatic carbocycles. The Morgan fingerprint density at radius 3 is 2.86 bits per heavy atom. The monoisotopic (exact) mass is 199 g/mol. The average molecular weight is 199 g/mol. The van der Waals surface area contributed by atoms with Gasteiger partial charge in [0.1, 0.15) is 6.10 Å². The highest BCUT2D eigenvalue weighted by Gasteiger charge is 2.29. The van der Waals surface area contributed by atoms with E-state index in [1.807, 2.05) is 0 Å². The first-order valence-electron chi connectivity index (χ1n) is 5.33. The first-order valence-corrected chi connectivity index (χ1v) is 5.33. The molecular weight excluding hydrogens is 182 g/mol. The minimum absolute atomic E-state index is 0.0175. The summed E-state index contributed by atoms with van der Waals surface area (Å²) in [5.41, 5.74) is 0. The van der Waals surface area contributed by atoms with Crippen LogP contribution in [0.3, 0.4) is 0 Å². The fourth-order valence-corrected chi connectivity index (χ4v) is 2.01. The Balaban J connectivity index is 1.62. The van der Waals surface area contributed by atoms with E-state index in [0.29, 0.717) is 19.1 Å². The highest BCUT2D eigenvalue weighted by molar-refractivity contribution is 5.80. The van der Waals surface area contributed by atoms with Crippen LogP contribution in [0.1, 0.15) is 25.7 Å². The largest absolute Gasteiger partial charge is 0.393 e. The Morgan fingerprint density at radius 2 is 2.29 bits per heavy atom. The van der Waals surface area contributed by atoms with E-state index in [2.05, 4.69) is 5.32 Å². The second-order valence-electron chi connectivity index (χ2n) is 4.24. The van der Waals surface area contributed by atoms with Gasteiger partial charge in [-0.2, -0.15) is 0 Å². The number of carbonyl (C=O) groups excluding carboxylic acids is 1. The molecule has 1 heterocycles. The lowest BCUT2D eigenvalue weighted by atomic mass is 9.82. The second-order valence-corrected chi connectivity index (χ2v) is 4.24. The van der Waals surface area contributed by atoms with Crippen molar-refractivity contribution >= 4 is 5.91 Å². The lowest BCUT2D eigenvalue weighted by molar-refractivity contribution is -0.130. The molecule has 2 aliphatic rings. The van der Waals surface area contributed by atoms with Crippen molar-refractivity contribution < 1.29 is 14.6 Å². The quantitative estimate of drug-likeness (QED) is 0.675. The topological polar surface area (TPSA) is 58.6 Å². The normalized spacial score (nSPS) is 36.5. The van der Waals surface area contributed by atoms with Gasteiger partial charge in [-0.25, -0.2) is 0 Å². The number of nitrogens with one attached hydrogen (secondary N) is 1. The Kier molecular flexibility index (Phi) is 3.03. The number of amides is 1. The Bertz CT molecular complexity index is 207. The number of carbonyl (C=O) groups is 1. The molecule has 2 fully saturated rings. The molecule has 0 spiro atoms. The predicted molar refractivity (Wildman–Crippen MR) is 50.7 cm³/mol. The van der Waals surface area contributed by atoms with Crippen LogP contribution in [-0.2, 0) is 9.53 Å². The van der Waals surface area contributed by atoms with E-state index in [4.69, 9.17) is 9.84 Å². The minimum Gasteiger partial charge on any atom is -0.393 e. The SMILES string of the molecule is O=C(NCC1CC(O)C1)[C@@H]1CCCO1. The number of rotatable bonds is 3. The third-order valence-electron chi connectivity index (χ3n) is 3.00. The van der Waals surface area contributed by atoms with Gasteiger partial charge in [0, 0.05) is 13.2 Å². The number of hydrogen-bond acceptors (Lipinski definition) is 3. The lowest BCUT2D eigenvalue weighted by Gasteiger charge is -2.31. The fourth-order valence-electron chi connectivity index (χ4n) is 2.01. The standard InChI is InChI=1S/C10H17NO3/c12-8-4-7(5-8)6-11-10(13)9-2-1-3-14-9/h7-9,12H,1-6H2,(H,11,13)/t7?,8?,9-/m0/s1. The third kappa shape index (κ3) is 2.25. The second kappa shape index (κ2) is 4.28. The molecular formula is C10H17NO3. The molecule has 0 bridgehead atoms. The van der Waals surface area contributed by atoms with Crippen molar-refractivity contribution in [3.05, 3.63) is 0 Å². The predicted octanol–water partition coefficient (Wildman–Crippen LogP) is 0.0525. The third-order valence-corrected chi connectivity index (χ3v) is 3.00. The van der Waals surface area contributed by atoms with Gasteiger partial charge >= 0.3 is 0 Å². The van der Waals surface area contributed by atoms with Crippen molar-refractivity contribution in [2.45, 2.75) is 37.9 Å². The van der Waals surface area contributed by atoms with Crippen LogP contribution in [-0.4, -0.2) is 36.4 Å². The average Bonchev–Trinajstić information content (AvgIpc) is 2.62. The van der Waals surface area contributed by atoms with Crippen molar-refractivity contribution in [2.75, 3.05) is 13.2 Å². The zero-order valence-electron chi connectivity index (χ0n) is 8.24. The van der Waals surface area contributed by atoms with E-state index in [1.165, 1.54) is 0 Å². The van der Waals surface area contributed by atoms with Crippen molar-refractivity contribution in [1.29, 1.82) is 0 Å². The highest BCUT2D eigenvalue weighted by Crippen LogP contribution is 2.26. The lowest BCUT2D eigenvalue weighted by Crippen LogP contribution is -2.41. The number of hydrogen-bond donors (Lipinski definition) is 2. The van der Waals surface area contributed by atoms with Crippen molar-refractivity contribution in [3.63, 3.8) is 0 Å². The first-order chi connectivity index (χ1) is 6.75. The van der Waals surface area contributed by atoms with Crippen LogP contribution in [0, 0.1) is 5.92 Å². The molecule has 0 unspecified atom stereocenters. The summed E-state index contributed by atoms with van der Waals surface area (Å²) in [5, 5.41) is 11.9. The number of aliphatic hydroxyl groups excluding tert-OH is 1.